The number of hydrogen-bond acceptors (Lipinski definition) is 4. The molecule has 1 aliphatic rings. The molecule has 1 aliphatic heterocycles. The zero-order valence-electron chi connectivity index (χ0n) is 12.8. The van der Waals surface area contributed by atoms with Gasteiger partial charge in [0.05, 0.1) is 5.02 Å². The largest absolute Gasteiger partial charge is 0.481 e. The number of carboxylic acid groups (broad SMARTS) is 1. The van der Waals surface area contributed by atoms with Gasteiger partial charge in [-0.2, -0.15) is 13.2 Å². The topological polar surface area (TPSA) is 68.7 Å². The van der Waals surface area contributed by atoms with Crippen molar-refractivity contribution in [3.8, 4) is 17.4 Å². The number of halogens is 5. The van der Waals surface area contributed by atoms with E-state index >= 15 is 0 Å². The molecule has 1 aromatic carbocycles. The lowest BCUT2D eigenvalue weighted by Crippen LogP contribution is -2.47. The average Bonchev–Trinajstić information content (AvgIpc) is 2.53. The summed E-state index contributed by atoms with van der Waals surface area (Å²) in [6.45, 7) is 0. The summed E-state index contributed by atoms with van der Waals surface area (Å²) < 4.78 is 49.8. The summed E-state index contributed by atoms with van der Waals surface area (Å²) in [5.41, 5.74) is 0.245. The van der Waals surface area contributed by atoms with Crippen LogP contribution in [0, 0.1) is 5.92 Å². The average molecular weight is 408 g/mol. The first-order chi connectivity index (χ1) is 12.1. The maximum atomic E-state index is 13.1. The Labute approximate surface area is 155 Å². The van der Waals surface area contributed by atoms with E-state index in [1.165, 1.54) is 24.3 Å². The number of rotatable bonds is 3. The summed E-state index contributed by atoms with van der Waals surface area (Å²) in [6.07, 6.45) is -7.67. The molecule has 2 aromatic rings. The van der Waals surface area contributed by atoms with Crippen LogP contribution < -0.4 is 9.47 Å². The van der Waals surface area contributed by atoms with Crippen LogP contribution in [-0.2, 0) is 11.2 Å². The quantitative estimate of drug-likeness (QED) is 0.743. The highest BCUT2D eigenvalue weighted by Gasteiger charge is 2.52. The molecule has 0 spiro atoms. The number of aromatic nitrogens is 1. The van der Waals surface area contributed by atoms with Crippen molar-refractivity contribution in [1.29, 1.82) is 0 Å². The van der Waals surface area contributed by atoms with Crippen LogP contribution in [0.3, 0.4) is 0 Å². The highest BCUT2D eigenvalue weighted by Crippen LogP contribution is 2.43. The maximum Gasteiger partial charge on any atom is 0.426 e. The minimum atomic E-state index is -4.84. The van der Waals surface area contributed by atoms with Gasteiger partial charge in [0, 0.05) is 12.1 Å². The van der Waals surface area contributed by atoms with Gasteiger partial charge < -0.3 is 14.6 Å². The van der Waals surface area contributed by atoms with Gasteiger partial charge in [-0.25, -0.2) is 4.98 Å². The normalized spacial score (nSPS) is 19.4. The van der Waals surface area contributed by atoms with Crippen LogP contribution in [0.15, 0.2) is 30.3 Å². The van der Waals surface area contributed by atoms with Crippen LogP contribution in [-0.4, -0.2) is 28.3 Å². The molecular weight excluding hydrogens is 398 g/mol. The van der Waals surface area contributed by atoms with Gasteiger partial charge in [0.25, 0.3) is 0 Å². The van der Waals surface area contributed by atoms with Crippen molar-refractivity contribution in [3.05, 3.63) is 46.1 Å². The first-order valence-corrected chi connectivity index (χ1v) is 8.00. The fourth-order valence-corrected chi connectivity index (χ4v) is 2.94. The summed E-state index contributed by atoms with van der Waals surface area (Å²) in [5.74, 6) is -3.41. The Balaban J connectivity index is 1.96. The molecule has 0 amide bonds. The second-order valence-corrected chi connectivity index (χ2v) is 6.31. The van der Waals surface area contributed by atoms with Crippen LogP contribution in [0.25, 0.3) is 0 Å². The number of ether oxygens (including phenoxy) is 2. The highest BCUT2D eigenvalue weighted by atomic mass is 35.5. The lowest BCUT2D eigenvalue weighted by atomic mass is 9.90. The molecule has 0 bridgehead atoms. The molecule has 138 valence electrons. The molecule has 2 heterocycles. The summed E-state index contributed by atoms with van der Waals surface area (Å²) in [7, 11) is 0. The predicted octanol–water partition coefficient (Wildman–Crippen LogP) is 4.75. The third-order valence-electron chi connectivity index (χ3n) is 3.72. The Hall–Kier alpha value is -2.19. The van der Waals surface area contributed by atoms with E-state index in [1.807, 2.05) is 0 Å². The molecule has 0 saturated carbocycles. The summed E-state index contributed by atoms with van der Waals surface area (Å²) in [4.78, 5) is 15.1. The molecule has 5 nitrogen and oxygen atoms in total. The standard InChI is InChI=1S/C16H10Cl2F3NO4/c17-9-5-7-4-8(15(23)24)14(16(19,20)21)26-10(7)6-11(9)25-13-3-1-2-12(18)22-13/h1-3,5-6,8,14H,4H2,(H,23,24). The van der Waals surface area contributed by atoms with Gasteiger partial charge in [0.2, 0.25) is 12.0 Å². The molecule has 26 heavy (non-hydrogen) atoms. The van der Waals surface area contributed by atoms with Gasteiger partial charge in [0.1, 0.15) is 16.8 Å². The van der Waals surface area contributed by atoms with Gasteiger partial charge in [-0.3, -0.25) is 4.79 Å². The van der Waals surface area contributed by atoms with Crippen molar-refractivity contribution in [2.75, 3.05) is 0 Å². The number of fused-ring (bicyclic) bond motifs is 1. The van der Waals surface area contributed by atoms with E-state index in [-0.39, 0.29) is 39.5 Å². The van der Waals surface area contributed by atoms with E-state index in [1.54, 1.807) is 6.07 Å². The first-order valence-electron chi connectivity index (χ1n) is 7.24. The number of benzene rings is 1. The first kappa shape index (κ1) is 18.6. The summed E-state index contributed by atoms with van der Waals surface area (Å²) in [6, 6.07) is 7.08. The third-order valence-corrected chi connectivity index (χ3v) is 4.22. The Morgan fingerprint density at radius 1 is 1.31 bits per heavy atom. The zero-order valence-corrected chi connectivity index (χ0v) is 14.3. The Kier molecular flexibility index (Phi) is 4.90. The minimum absolute atomic E-state index is 0.00915. The molecule has 1 N–H and O–H groups in total. The monoisotopic (exact) mass is 407 g/mol. The second kappa shape index (κ2) is 6.85. The van der Waals surface area contributed by atoms with Gasteiger partial charge in [0.15, 0.2) is 5.75 Å². The maximum absolute atomic E-state index is 13.1. The number of pyridine rings is 1. The smallest absolute Gasteiger partial charge is 0.426 e. The van der Waals surface area contributed by atoms with Crippen LogP contribution in [0.1, 0.15) is 5.56 Å². The Morgan fingerprint density at radius 3 is 2.65 bits per heavy atom. The molecular formula is C16H10Cl2F3NO4. The number of carboxylic acids is 1. The van der Waals surface area contributed by atoms with Crippen molar-refractivity contribution in [1.82, 2.24) is 4.98 Å². The Bertz CT molecular complexity index is 860. The highest BCUT2D eigenvalue weighted by molar-refractivity contribution is 6.32. The van der Waals surface area contributed by atoms with Crippen molar-refractivity contribution in [2.45, 2.75) is 18.7 Å². The van der Waals surface area contributed by atoms with Gasteiger partial charge in [-0.1, -0.05) is 29.3 Å². The Morgan fingerprint density at radius 2 is 2.04 bits per heavy atom. The number of carbonyl (C=O) groups is 1. The number of aliphatic carboxylic acids is 1. The van der Waals surface area contributed by atoms with E-state index in [4.69, 9.17) is 37.8 Å². The molecule has 10 heteroatoms. The molecule has 0 aliphatic carbocycles. The van der Waals surface area contributed by atoms with Crippen molar-refractivity contribution in [2.24, 2.45) is 5.92 Å². The lowest BCUT2D eigenvalue weighted by Gasteiger charge is -2.32. The molecule has 0 radical (unpaired) electrons. The number of alkyl halides is 3. The van der Waals surface area contributed by atoms with E-state index in [9.17, 15) is 18.0 Å². The van der Waals surface area contributed by atoms with Crippen molar-refractivity contribution < 1.29 is 32.5 Å². The van der Waals surface area contributed by atoms with Crippen LogP contribution in [0.5, 0.6) is 17.4 Å². The third kappa shape index (κ3) is 3.81. The van der Waals surface area contributed by atoms with E-state index < -0.39 is 24.2 Å². The van der Waals surface area contributed by atoms with Crippen LogP contribution >= 0.6 is 23.2 Å². The molecule has 0 saturated heterocycles. The number of hydrogen-bond donors (Lipinski definition) is 1. The molecule has 3 rings (SSSR count). The molecule has 2 unspecified atom stereocenters. The van der Waals surface area contributed by atoms with Crippen LogP contribution in [0.4, 0.5) is 13.2 Å². The lowest BCUT2D eigenvalue weighted by molar-refractivity contribution is -0.217. The van der Waals surface area contributed by atoms with Crippen molar-refractivity contribution >= 4 is 29.2 Å². The van der Waals surface area contributed by atoms with E-state index in [0.29, 0.717) is 0 Å². The van der Waals surface area contributed by atoms with Gasteiger partial charge >= 0.3 is 12.1 Å². The van der Waals surface area contributed by atoms with E-state index in [0.717, 1.165) is 0 Å². The predicted molar refractivity (Wildman–Crippen MR) is 86.1 cm³/mol. The number of nitrogens with zero attached hydrogens (tertiary/aromatic N) is 1. The van der Waals surface area contributed by atoms with Crippen LogP contribution in [0.2, 0.25) is 10.2 Å². The molecule has 2 atom stereocenters. The van der Waals surface area contributed by atoms with Crippen molar-refractivity contribution in [3.63, 3.8) is 0 Å². The second-order valence-electron chi connectivity index (χ2n) is 5.52. The fraction of sp³-hybridized carbons (Fsp3) is 0.250. The molecule has 0 fully saturated rings. The minimum Gasteiger partial charge on any atom is -0.481 e. The summed E-state index contributed by atoms with van der Waals surface area (Å²) in [5, 5.41) is 9.32. The zero-order chi connectivity index (χ0) is 19.1. The summed E-state index contributed by atoms with van der Waals surface area (Å²) >= 11 is 11.8. The van der Waals surface area contributed by atoms with E-state index in [2.05, 4.69) is 4.98 Å². The SMILES string of the molecule is O=C(O)C1Cc2cc(Cl)c(Oc3cccc(Cl)n3)cc2OC1C(F)(F)F. The van der Waals surface area contributed by atoms with Gasteiger partial charge in [-0.15, -0.1) is 0 Å². The fourth-order valence-electron chi connectivity index (χ4n) is 2.56. The molecule has 1 aromatic heterocycles. The van der Waals surface area contributed by atoms with Gasteiger partial charge in [-0.05, 0) is 24.1 Å².